The van der Waals surface area contributed by atoms with Gasteiger partial charge < -0.3 is 14.2 Å². The molecule has 1 aliphatic rings. The van der Waals surface area contributed by atoms with Gasteiger partial charge in [-0.2, -0.15) is 13.8 Å². The normalized spacial score (nSPS) is 14.5. The van der Waals surface area contributed by atoms with Crippen molar-refractivity contribution in [3.63, 3.8) is 0 Å². The minimum absolute atomic E-state index is 0.0592. The van der Waals surface area contributed by atoms with Crippen molar-refractivity contribution in [2.24, 2.45) is 0 Å². The molecule has 3 rings (SSSR count). The number of ether oxygens (including phenoxy) is 1. The molecule has 6 nitrogen and oxygen atoms in total. The lowest BCUT2D eigenvalue weighted by molar-refractivity contribution is -0.0499. The quantitative estimate of drug-likeness (QED) is 0.809. The van der Waals surface area contributed by atoms with E-state index in [-0.39, 0.29) is 23.8 Å². The van der Waals surface area contributed by atoms with E-state index >= 15 is 0 Å². The van der Waals surface area contributed by atoms with Gasteiger partial charge in [0.2, 0.25) is 5.89 Å². The van der Waals surface area contributed by atoms with Crippen LogP contribution < -0.4 is 4.74 Å². The van der Waals surface area contributed by atoms with Crippen molar-refractivity contribution in [3.05, 3.63) is 41.5 Å². The average molecular weight is 337 g/mol. The molecule has 24 heavy (non-hydrogen) atoms. The van der Waals surface area contributed by atoms with Crippen molar-refractivity contribution in [1.29, 1.82) is 0 Å². The van der Waals surface area contributed by atoms with E-state index in [1.165, 1.54) is 29.2 Å². The molecule has 0 spiro atoms. The molecule has 1 fully saturated rings. The first-order valence-electron chi connectivity index (χ1n) is 7.66. The number of nitrogens with zero attached hydrogens (tertiary/aromatic N) is 3. The van der Waals surface area contributed by atoms with E-state index in [2.05, 4.69) is 14.9 Å². The van der Waals surface area contributed by atoms with E-state index in [1.807, 2.05) is 0 Å². The molecule has 0 atom stereocenters. The molecular weight excluding hydrogens is 320 g/mol. The van der Waals surface area contributed by atoms with Crippen LogP contribution in [0.5, 0.6) is 5.75 Å². The van der Waals surface area contributed by atoms with Crippen LogP contribution >= 0.6 is 0 Å². The predicted molar refractivity (Wildman–Crippen MR) is 79.8 cm³/mol. The third-order valence-corrected chi connectivity index (χ3v) is 3.97. The third kappa shape index (κ3) is 3.69. The molecule has 0 aliphatic heterocycles. The van der Waals surface area contributed by atoms with Crippen LogP contribution in [-0.2, 0) is 6.54 Å². The standard InChI is InChI=1S/C16H17F2N3O3/c1-21(9-13-19-14(24-20-13)10-4-2-5-10)15(22)11-6-3-7-12(8-11)23-16(17)18/h3,6-8,10,16H,2,4-5,9H2,1H3. The van der Waals surface area contributed by atoms with Crippen LogP contribution in [0.25, 0.3) is 0 Å². The van der Waals surface area contributed by atoms with Crippen LogP contribution in [0.1, 0.15) is 47.3 Å². The Morgan fingerprint density at radius 2 is 2.25 bits per heavy atom. The Morgan fingerprint density at radius 3 is 2.92 bits per heavy atom. The topological polar surface area (TPSA) is 68.5 Å². The number of rotatable bonds is 6. The fourth-order valence-electron chi connectivity index (χ4n) is 2.46. The first-order chi connectivity index (χ1) is 11.5. The van der Waals surface area contributed by atoms with Crippen molar-refractivity contribution < 1.29 is 22.8 Å². The summed E-state index contributed by atoms with van der Waals surface area (Å²) in [5.41, 5.74) is 0.248. The molecular formula is C16H17F2N3O3. The Bertz CT molecular complexity index is 716. The van der Waals surface area contributed by atoms with Crippen LogP contribution in [0.2, 0.25) is 0 Å². The van der Waals surface area contributed by atoms with Crippen LogP contribution in [0, 0.1) is 0 Å². The zero-order chi connectivity index (χ0) is 17.1. The lowest BCUT2D eigenvalue weighted by Crippen LogP contribution is -2.26. The van der Waals surface area contributed by atoms with Gasteiger partial charge in [0.15, 0.2) is 5.82 Å². The number of alkyl halides is 2. The first kappa shape index (κ1) is 16.4. The molecule has 0 radical (unpaired) electrons. The fraction of sp³-hybridized carbons (Fsp3) is 0.438. The average Bonchev–Trinajstić information content (AvgIpc) is 2.92. The highest BCUT2D eigenvalue weighted by Gasteiger charge is 2.26. The van der Waals surface area contributed by atoms with Crippen LogP contribution in [-0.4, -0.2) is 34.6 Å². The van der Waals surface area contributed by atoms with Crippen LogP contribution in [0.3, 0.4) is 0 Å². The van der Waals surface area contributed by atoms with E-state index in [4.69, 9.17) is 4.52 Å². The molecule has 0 N–H and O–H groups in total. The predicted octanol–water partition coefficient (Wildman–Crippen LogP) is 3.21. The number of hydrogen-bond acceptors (Lipinski definition) is 5. The van der Waals surface area contributed by atoms with Crippen molar-refractivity contribution in [2.75, 3.05) is 7.05 Å². The summed E-state index contributed by atoms with van der Waals surface area (Å²) in [5, 5.41) is 3.89. The molecule has 1 heterocycles. The summed E-state index contributed by atoms with van der Waals surface area (Å²) >= 11 is 0. The highest BCUT2D eigenvalue weighted by Crippen LogP contribution is 2.35. The number of halogens is 2. The van der Waals surface area contributed by atoms with E-state index in [1.54, 1.807) is 7.05 Å². The molecule has 0 bridgehead atoms. The highest BCUT2D eigenvalue weighted by molar-refractivity contribution is 5.94. The minimum atomic E-state index is -2.93. The molecule has 1 aliphatic carbocycles. The number of carbonyl (C=O) groups is 1. The van der Waals surface area contributed by atoms with Gasteiger partial charge in [-0.3, -0.25) is 4.79 Å². The van der Waals surface area contributed by atoms with Crippen molar-refractivity contribution in [2.45, 2.75) is 38.3 Å². The van der Waals surface area contributed by atoms with E-state index in [0.29, 0.717) is 17.6 Å². The second-order valence-electron chi connectivity index (χ2n) is 5.74. The monoisotopic (exact) mass is 337 g/mol. The largest absolute Gasteiger partial charge is 0.435 e. The summed E-state index contributed by atoms with van der Waals surface area (Å²) in [6.07, 6.45) is 3.26. The van der Waals surface area contributed by atoms with Gasteiger partial charge in [0.25, 0.3) is 5.91 Å². The molecule has 0 unspecified atom stereocenters. The molecule has 0 saturated heterocycles. The summed E-state index contributed by atoms with van der Waals surface area (Å²) < 4.78 is 34.0. The zero-order valence-corrected chi connectivity index (χ0v) is 13.1. The molecule has 1 aromatic heterocycles. The smallest absolute Gasteiger partial charge is 0.387 e. The SMILES string of the molecule is CN(Cc1noc(C2CCC2)n1)C(=O)c1cccc(OC(F)F)c1. The van der Waals surface area contributed by atoms with Gasteiger partial charge in [0.1, 0.15) is 5.75 Å². The number of benzene rings is 1. The maximum Gasteiger partial charge on any atom is 0.387 e. The van der Waals surface area contributed by atoms with Gasteiger partial charge in [-0.05, 0) is 31.0 Å². The van der Waals surface area contributed by atoms with Gasteiger partial charge in [-0.15, -0.1) is 0 Å². The molecule has 2 aromatic rings. The molecule has 1 aromatic carbocycles. The van der Waals surface area contributed by atoms with Gasteiger partial charge in [0.05, 0.1) is 6.54 Å². The number of hydrogen-bond donors (Lipinski definition) is 0. The van der Waals surface area contributed by atoms with Crippen molar-refractivity contribution in [1.82, 2.24) is 15.0 Å². The summed E-state index contributed by atoms with van der Waals surface area (Å²) in [4.78, 5) is 18.1. The van der Waals surface area contributed by atoms with Gasteiger partial charge in [-0.1, -0.05) is 17.6 Å². The summed E-state index contributed by atoms with van der Waals surface area (Å²) in [5.74, 6) is 0.966. The van der Waals surface area contributed by atoms with Crippen LogP contribution in [0.4, 0.5) is 8.78 Å². The minimum Gasteiger partial charge on any atom is -0.435 e. The summed E-state index contributed by atoms with van der Waals surface area (Å²) in [6.45, 7) is -2.76. The number of aromatic nitrogens is 2. The second-order valence-corrected chi connectivity index (χ2v) is 5.74. The van der Waals surface area contributed by atoms with Gasteiger partial charge in [-0.25, -0.2) is 0 Å². The van der Waals surface area contributed by atoms with E-state index < -0.39 is 6.61 Å². The Kier molecular flexibility index (Phi) is 4.73. The van der Waals surface area contributed by atoms with E-state index in [9.17, 15) is 13.6 Å². The van der Waals surface area contributed by atoms with Gasteiger partial charge in [0, 0.05) is 18.5 Å². The Hall–Kier alpha value is -2.51. The first-order valence-corrected chi connectivity index (χ1v) is 7.66. The Labute approximate surface area is 137 Å². The van der Waals surface area contributed by atoms with Crippen LogP contribution in [0.15, 0.2) is 28.8 Å². The molecule has 1 amide bonds. The molecule has 1 saturated carbocycles. The van der Waals surface area contributed by atoms with Crippen molar-refractivity contribution in [3.8, 4) is 5.75 Å². The Balaban J connectivity index is 1.64. The number of carbonyl (C=O) groups excluding carboxylic acids is 1. The van der Waals surface area contributed by atoms with E-state index in [0.717, 1.165) is 19.3 Å². The second kappa shape index (κ2) is 6.94. The maximum atomic E-state index is 12.4. The maximum absolute atomic E-state index is 12.4. The summed E-state index contributed by atoms with van der Waals surface area (Å²) in [6, 6.07) is 5.67. The lowest BCUT2D eigenvalue weighted by atomic mass is 9.85. The number of amides is 1. The third-order valence-electron chi connectivity index (χ3n) is 3.97. The fourth-order valence-corrected chi connectivity index (χ4v) is 2.46. The highest BCUT2D eigenvalue weighted by atomic mass is 19.3. The Morgan fingerprint density at radius 1 is 1.46 bits per heavy atom. The summed E-state index contributed by atoms with van der Waals surface area (Å²) in [7, 11) is 1.59. The lowest BCUT2D eigenvalue weighted by Gasteiger charge is -2.20. The zero-order valence-electron chi connectivity index (χ0n) is 13.1. The molecule has 128 valence electrons. The molecule has 8 heteroatoms. The van der Waals surface area contributed by atoms with Crippen molar-refractivity contribution >= 4 is 5.91 Å². The van der Waals surface area contributed by atoms with Gasteiger partial charge >= 0.3 is 6.61 Å².